The Labute approximate surface area is 198 Å². The summed E-state index contributed by atoms with van der Waals surface area (Å²) in [6.45, 7) is 17.4. The van der Waals surface area contributed by atoms with Crippen molar-refractivity contribution in [3.05, 3.63) is 11.6 Å². The van der Waals surface area contributed by atoms with Crippen LogP contribution in [-0.2, 0) is 4.79 Å². The molecule has 2 heteroatoms. The standard InChI is InChI=1S/C30H50O2/c1-20(10-8-11-21(2)26(31)32)22-14-18-30(7)24-12-13-25-27(3,4)16-9-17-28(25,5)23(24)15-19-29(22,30)6/h12,20-23,25H,8-11,13-19H2,1-7H3,(H,31,32)/t20-,21?,22-,23+,25?,28-,29-,30+/m1/s1. The molecule has 4 aliphatic carbocycles. The molecule has 2 unspecified atom stereocenters. The van der Waals surface area contributed by atoms with Crippen LogP contribution in [0.4, 0.5) is 0 Å². The molecule has 2 nitrogen and oxygen atoms in total. The zero-order valence-electron chi connectivity index (χ0n) is 22.1. The molecular weight excluding hydrogens is 392 g/mol. The van der Waals surface area contributed by atoms with Crippen molar-refractivity contribution in [1.82, 2.24) is 0 Å². The SMILES string of the molecule is CC(CCC[C@@H](C)[C@H]1CC[C@@]2(C)C3=CCC4C(C)(C)CCC[C@]4(C)[C@H]3CC[C@]12C)C(=O)O. The average molecular weight is 443 g/mol. The van der Waals surface area contributed by atoms with Gasteiger partial charge in [-0.15, -0.1) is 0 Å². The normalized spacial score (nSPS) is 44.6. The minimum absolute atomic E-state index is 0.206. The second-order valence-corrected chi connectivity index (χ2v) is 13.9. The smallest absolute Gasteiger partial charge is 0.306 e. The molecule has 0 radical (unpaired) electrons. The summed E-state index contributed by atoms with van der Waals surface area (Å²) in [6.07, 6.45) is 16.8. The van der Waals surface area contributed by atoms with Gasteiger partial charge >= 0.3 is 5.97 Å². The molecule has 3 fully saturated rings. The van der Waals surface area contributed by atoms with E-state index in [-0.39, 0.29) is 5.92 Å². The van der Waals surface area contributed by atoms with Crippen molar-refractivity contribution < 1.29 is 9.90 Å². The zero-order chi connectivity index (χ0) is 23.5. The number of hydrogen-bond donors (Lipinski definition) is 1. The maximum atomic E-state index is 11.2. The van der Waals surface area contributed by atoms with Crippen LogP contribution in [0.1, 0.15) is 119 Å². The number of carbonyl (C=O) groups is 1. The van der Waals surface area contributed by atoms with Crippen LogP contribution in [0.2, 0.25) is 0 Å². The van der Waals surface area contributed by atoms with E-state index in [1.54, 1.807) is 0 Å². The van der Waals surface area contributed by atoms with Crippen LogP contribution >= 0.6 is 0 Å². The van der Waals surface area contributed by atoms with Gasteiger partial charge in [-0.25, -0.2) is 0 Å². The molecule has 0 bridgehead atoms. The van der Waals surface area contributed by atoms with Gasteiger partial charge in [-0.05, 0) is 96.7 Å². The van der Waals surface area contributed by atoms with Crippen LogP contribution in [0.3, 0.4) is 0 Å². The van der Waals surface area contributed by atoms with E-state index in [1.165, 1.54) is 57.8 Å². The Bertz CT molecular complexity index is 765. The summed E-state index contributed by atoms with van der Waals surface area (Å²) in [6, 6.07) is 0. The monoisotopic (exact) mass is 442 g/mol. The molecule has 1 N–H and O–H groups in total. The Morgan fingerprint density at radius 2 is 1.75 bits per heavy atom. The van der Waals surface area contributed by atoms with Gasteiger partial charge in [-0.3, -0.25) is 4.79 Å². The maximum Gasteiger partial charge on any atom is 0.306 e. The largest absolute Gasteiger partial charge is 0.481 e. The topological polar surface area (TPSA) is 37.3 Å². The Morgan fingerprint density at radius 1 is 1.03 bits per heavy atom. The third-order valence-electron chi connectivity index (χ3n) is 12.0. The summed E-state index contributed by atoms with van der Waals surface area (Å²) in [5.41, 5.74) is 3.60. The number of rotatable bonds is 6. The highest BCUT2D eigenvalue weighted by Gasteiger charge is 2.64. The Kier molecular flexibility index (Phi) is 6.20. The van der Waals surface area contributed by atoms with Crippen LogP contribution in [0.25, 0.3) is 0 Å². The van der Waals surface area contributed by atoms with Crippen LogP contribution in [0, 0.1) is 51.2 Å². The van der Waals surface area contributed by atoms with Crippen molar-refractivity contribution in [3.63, 3.8) is 0 Å². The van der Waals surface area contributed by atoms with Gasteiger partial charge in [0.15, 0.2) is 0 Å². The maximum absolute atomic E-state index is 11.2. The van der Waals surface area contributed by atoms with E-state index in [0.717, 1.165) is 30.6 Å². The van der Waals surface area contributed by atoms with E-state index in [0.29, 0.717) is 27.6 Å². The molecule has 0 aromatic carbocycles. The molecule has 0 aromatic rings. The summed E-state index contributed by atoms with van der Waals surface area (Å²) in [7, 11) is 0. The van der Waals surface area contributed by atoms with Crippen molar-refractivity contribution >= 4 is 5.97 Å². The first-order chi connectivity index (χ1) is 14.9. The molecule has 3 saturated carbocycles. The quantitative estimate of drug-likeness (QED) is 0.419. The zero-order valence-corrected chi connectivity index (χ0v) is 22.1. The van der Waals surface area contributed by atoms with E-state index < -0.39 is 5.97 Å². The number of carboxylic acids is 1. The average Bonchev–Trinajstić information content (AvgIpc) is 2.98. The molecule has 4 aliphatic rings. The molecule has 32 heavy (non-hydrogen) atoms. The highest BCUT2D eigenvalue weighted by molar-refractivity contribution is 5.69. The van der Waals surface area contributed by atoms with Gasteiger partial charge in [0.05, 0.1) is 5.92 Å². The number of allylic oxidation sites excluding steroid dienone is 2. The third kappa shape index (κ3) is 3.52. The Hall–Kier alpha value is -0.790. The second kappa shape index (κ2) is 8.16. The third-order valence-corrected chi connectivity index (χ3v) is 12.0. The van der Waals surface area contributed by atoms with E-state index in [4.69, 9.17) is 0 Å². The Balaban J connectivity index is 1.54. The molecule has 0 amide bonds. The van der Waals surface area contributed by atoms with E-state index in [1.807, 2.05) is 12.5 Å². The van der Waals surface area contributed by atoms with Crippen LogP contribution < -0.4 is 0 Å². The fraction of sp³-hybridized carbons (Fsp3) is 0.900. The fourth-order valence-electron chi connectivity index (χ4n) is 9.83. The minimum atomic E-state index is -0.640. The molecule has 0 aromatic heterocycles. The number of hydrogen-bond acceptors (Lipinski definition) is 1. The van der Waals surface area contributed by atoms with Crippen LogP contribution in [0.5, 0.6) is 0 Å². The molecule has 0 spiro atoms. The molecule has 182 valence electrons. The first-order valence-electron chi connectivity index (χ1n) is 13.8. The van der Waals surface area contributed by atoms with E-state index in [9.17, 15) is 9.90 Å². The van der Waals surface area contributed by atoms with Crippen molar-refractivity contribution in [2.75, 3.05) is 0 Å². The van der Waals surface area contributed by atoms with Crippen LogP contribution in [0.15, 0.2) is 11.6 Å². The lowest BCUT2D eigenvalue weighted by atomic mass is 9.41. The predicted octanol–water partition coefficient (Wildman–Crippen LogP) is 8.51. The number of fused-ring (bicyclic) bond motifs is 5. The summed E-state index contributed by atoms with van der Waals surface area (Å²) in [5, 5.41) is 9.23. The highest BCUT2D eigenvalue weighted by Crippen LogP contribution is 2.73. The van der Waals surface area contributed by atoms with Gasteiger partial charge < -0.3 is 5.11 Å². The van der Waals surface area contributed by atoms with Crippen molar-refractivity contribution in [2.24, 2.45) is 51.2 Å². The first-order valence-corrected chi connectivity index (χ1v) is 13.8. The van der Waals surface area contributed by atoms with Gasteiger partial charge in [-0.1, -0.05) is 79.4 Å². The van der Waals surface area contributed by atoms with Crippen LogP contribution in [-0.4, -0.2) is 11.1 Å². The Morgan fingerprint density at radius 3 is 2.44 bits per heavy atom. The first kappa shape index (κ1) is 24.3. The molecule has 4 rings (SSSR count). The highest BCUT2D eigenvalue weighted by atomic mass is 16.4. The van der Waals surface area contributed by atoms with E-state index >= 15 is 0 Å². The molecule has 0 saturated heterocycles. The van der Waals surface area contributed by atoms with Gasteiger partial charge in [0.1, 0.15) is 0 Å². The number of aliphatic carboxylic acids is 1. The summed E-state index contributed by atoms with van der Waals surface area (Å²) in [4.78, 5) is 11.2. The van der Waals surface area contributed by atoms with E-state index in [2.05, 4.69) is 47.6 Å². The van der Waals surface area contributed by atoms with Gasteiger partial charge in [0.2, 0.25) is 0 Å². The van der Waals surface area contributed by atoms with Crippen molar-refractivity contribution in [2.45, 2.75) is 119 Å². The lowest BCUT2D eigenvalue weighted by Gasteiger charge is -2.63. The number of carboxylic acid groups (broad SMARTS) is 1. The fourth-order valence-corrected chi connectivity index (χ4v) is 9.83. The summed E-state index contributed by atoms with van der Waals surface area (Å²) in [5.74, 6) is 2.27. The molecule has 0 aliphatic heterocycles. The lowest BCUT2D eigenvalue weighted by Crippen LogP contribution is -2.55. The van der Waals surface area contributed by atoms with Gasteiger partial charge in [0, 0.05) is 0 Å². The molecule has 8 atom stereocenters. The minimum Gasteiger partial charge on any atom is -0.481 e. The van der Waals surface area contributed by atoms with Crippen molar-refractivity contribution in [3.8, 4) is 0 Å². The molecule has 0 heterocycles. The predicted molar refractivity (Wildman–Crippen MR) is 133 cm³/mol. The summed E-state index contributed by atoms with van der Waals surface area (Å²) < 4.78 is 0. The lowest BCUT2D eigenvalue weighted by molar-refractivity contribution is -0.141. The van der Waals surface area contributed by atoms with Gasteiger partial charge in [-0.2, -0.15) is 0 Å². The summed E-state index contributed by atoms with van der Waals surface area (Å²) >= 11 is 0. The second-order valence-electron chi connectivity index (χ2n) is 13.9. The van der Waals surface area contributed by atoms with Crippen molar-refractivity contribution in [1.29, 1.82) is 0 Å². The van der Waals surface area contributed by atoms with Gasteiger partial charge in [0.25, 0.3) is 0 Å². The molecular formula is C30H50O2.